The van der Waals surface area contributed by atoms with Gasteiger partial charge >= 0.3 is 0 Å². The zero-order chi connectivity index (χ0) is 23.3. The minimum atomic E-state index is -0.258. The summed E-state index contributed by atoms with van der Waals surface area (Å²) in [6.07, 6.45) is 1.92. The fraction of sp³-hybridized carbons (Fsp3) is 0.423. The van der Waals surface area contributed by atoms with Crippen LogP contribution in [0.15, 0.2) is 47.5 Å². The van der Waals surface area contributed by atoms with Gasteiger partial charge in [0.25, 0.3) is 5.91 Å². The number of benzene rings is 2. The molecule has 0 fully saturated rings. The number of ether oxygens (including phenoxy) is 1. The topological polar surface area (TPSA) is 71.0 Å². The van der Waals surface area contributed by atoms with Crippen molar-refractivity contribution in [1.82, 2.24) is 10.2 Å². The molecule has 6 nitrogen and oxygen atoms in total. The molecule has 3 rings (SSSR count). The summed E-state index contributed by atoms with van der Waals surface area (Å²) in [5.41, 5.74) is 3.80. The van der Waals surface area contributed by atoms with Crippen molar-refractivity contribution in [2.75, 3.05) is 34.3 Å². The Morgan fingerprint density at radius 1 is 1.09 bits per heavy atom. The second kappa shape index (κ2) is 10.1. The minimum Gasteiger partial charge on any atom is -0.497 e. The van der Waals surface area contributed by atoms with Crippen LogP contribution in [-0.4, -0.2) is 62.1 Å². The van der Waals surface area contributed by atoms with Crippen molar-refractivity contribution in [3.63, 3.8) is 0 Å². The van der Waals surface area contributed by atoms with Crippen LogP contribution in [0, 0.1) is 0 Å². The zero-order valence-corrected chi connectivity index (χ0v) is 19.7. The highest BCUT2D eigenvalue weighted by atomic mass is 16.5. The SMILES string of the molecule is COc1ccc2c(c1)C(CC(=O)c1ccc(C(=O)NCCCN(C)C)cc1)=NC(C)(C)C2. The second-order valence-corrected chi connectivity index (χ2v) is 9.16. The van der Waals surface area contributed by atoms with Gasteiger partial charge in [0.15, 0.2) is 5.78 Å². The molecule has 2 aromatic rings. The molecule has 170 valence electrons. The van der Waals surface area contributed by atoms with E-state index < -0.39 is 0 Å². The number of hydrogen-bond acceptors (Lipinski definition) is 5. The van der Waals surface area contributed by atoms with E-state index in [0.717, 1.165) is 36.4 Å². The smallest absolute Gasteiger partial charge is 0.251 e. The van der Waals surface area contributed by atoms with Crippen LogP contribution in [0.25, 0.3) is 0 Å². The molecule has 0 spiro atoms. The Kier molecular flexibility index (Phi) is 7.46. The van der Waals surface area contributed by atoms with Crippen LogP contribution in [-0.2, 0) is 6.42 Å². The Labute approximate surface area is 190 Å². The third-order valence-electron chi connectivity index (χ3n) is 5.55. The molecule has 0 unspecified atom stereocenters. The monoisotopic (exact) mass is 435 g/mol. The zero-order valence-electron chi connectivity index (χ0n) is 19.7. The Morgan fingerprint density at radius 2 is 1.78 bits per heavy atom. The number of aliphatic imine (C=N–C) groups is 1. The molecule has 0 atom stereocenters. The standard InChI is InChI=1S/C26H33N3O3/c1-26(2)17-20-11-12-21(32-5)15-22(20)23(28-26)16-24(30)18-7-9-19(10-8-18)25(31)27-13-6-14-29(3)4/h7-12,15H,6,13-14,16-17H2,1-5H3,(H,27,31). The number of nitrogens with zero attached hydrogens (tertiary/aromatic N) is 2. The molecule has 32 heavy (non-hydrogen) atoms. The summed E-state index contributed by atoms with van der Waals surface area (Å²) < 4.78 is 5.37. The molecule has 6 heteroatoms. The van der Waals surface area contributed by atoms with Gasteiger partial charge < -0.3 is 15.0 Å². The highest BCUT2D eigenvalue weighted by Crippen LogP contribution is 2.31. The van der Waals surface area contributed by atoms with Crippen LogP contribution in [0.2, 0.25) is 0 Å². The first kappa shape index (κ1) is 23.7. The van der Waals surface area contributed by atoms with Gasteiger partial charge in [-0.1, -0.05) is 18.2 Å². The predicted molar refractivity (Wildman–Crippen MR) is 128 cm³/mol. The fourth-order valence-corrected chi connectivity index (χ4v) is 3.93. The molecule has 1 amide bonds. The van der Waals surface area contributed by atoms with Crippen molar-refractivity contribution in [2.45, 2.75) is 38.6 Å². The van der Waals surface area contributed by atoms with E-state index >= 15 is 0 Å². The molecule has 0 saturated heterocycles. The van der Waals surface area contributed by atoms with Gasteiger partial charge in [-0.05, 0) is 77.2 Å². The lowest BCUT2D eigenvalue weighted by molar-refractivity contribution is 0.0949. The summed E-state index contributed by atoms with van der Waals surface area (Å²) in [6.45, 7) is 5.70. The number of nitrogens with one attached hydrogen (secondary N) is 1. The summed E-state index contributed by atoms with van der Waals surface area (Å²) >= 11 is 0. The van der Waals surface area contributed by atoms with Gasteiger partial charge in [0.05, 0.1) is 24.8 Å². The van der Waals surface area contributed by atoms with Crippen molar-refractivity contribution in [2.24, 2.45) is 4.99 Å². The molecule has 0 saturated carbocycles. The van der Waals surface area contributed by atoms with E-state index in [9.17, 15) is 9.59 Å². The largest absolute Gasteiger partial charge is 0.497 e. The molecule has 0 bridgehead atoms. The van der Waals surface area contributed by atoms with Gasteiger partial charge in [0.1, 0.15) is 5.75 Å². The number of Topliss-reactive ketones (excluding diaryl/α,β-unsaturated/α-hetero) is 1. The predicted octanol–water partition coefficient (Wildman–Crippen LogP) is 3.77. The number of ketones is 1. The highest BCUT2D eigenvalue weighted by molar-refractivity contribution is 6.17. The maximum atomic E-state index is 13.0. The summed E-state index contributed by atoms with van der Waals surface area (Å²) in [4.78, 5) is 32.3. The van der Waals surface area contributed by atoms with Crippen LogP contribution in [0.4, 0.5) is 0 Å². The number of amides is 1. The van der Waals surface area contributed by atoms with Gasteiger partial charge in [0, 0.05) is 23.2 Å². The molecular weight excluding hydrogens is 402 g/mol. The summed E-state index contributed by atoms with van der Waals surface area (Å²) in [6, 6.07) is 12.8. The van der Waals surface area contributed by atoms with Crippen LogP contribution in [0.1, 0.15) is 58.5 Å². The first-order chi connectivity index (χ1) is 15.2. The van der Waals surface area contributed by atoms with E-state index in [1.807, 2.05) is 26.2 Å². The number of rotatable bonds is 9. The van der Waals surface area contributed by atoms with Gasteiger partial charge in [-0.3, -0.25) is 14.6 Å². The van der Waals surface area contributed by atoms with E-state index in [-0.39, 0.29) is 23.7 Å². The maximum Gasteiger partial charge on any atom is 0.251 e. The lowest BCUT2D eigenvalue weighted by atomic mass is 9.85. The Balaban J connectivity index is 1.69. The van der Waals surface area contributed by atoms with Gasteiger partial charge in [-0.15, -0.1) is 0 Å². The molecule has 0 aromatic heterocycles. The molecular formula is C26H33N3O3. The van der Waals surface area contributed by atoms with Gasteiger partial charge in [-0.2, -0.15) is 0 Å². The van der Waals surface area contributed by atoms with E-state index in [1.165, 1.54) is 5.56 Å². The van der Waals surface area contributed by atoms with Gasteiger partial charge in [-0.25, -0.2) is 0 Å². The van der Waals surface area contributed by atoms with Crippen molar-refractivity contribution < 1.29 is 14.3 Å². The van der Waals surface area contributed by atoms with Crippen molar-refractivity contribution >= 4 is 17.4 Å². The van der Waals surface area contributed by atoms with E-state index in [1.54, 1.807) is 31.4 Å². The van der Waals surface area contributed by atoms with Crippen LogP contribution in [0.5, 0.6) is 5.75 Å². The van der Waals surface area contributed by atoms with Gasteiger partial charge in [0.2, 0.25) is 0 Å². The van der Waals surface area contributed by atoms with E-state index in [4.69, 9.17) is 9.73 Å². The molecule has 1 heterocycles. The third-order valence-corrected chi connectivity index (χ3v) is 5.55. The molecule has 1 aliphatic heterocycles. The Hall–Kier alpha value is -2.99. The lowest BCUT2D eigenvalue weighted by Gasteiger charge is -2.29. The first-order valence-electron chi connectivity index (χ1n) is 11.0. The molecule has 2 aromatic carbocycles. The molecule has 0 radical (unpaired) electrons. The average Bonchev–Trinajstić information content (AvgIpc) is 2.75. The van der Waals surface area contributed by atoms with Crippen molar-refractivity contribution in [3.05, 3.63) is 64.7 Å². The first-order valence-corrected chi connectivity index (χ1v) is 11.0. The quantitative estimate of drug-likeness (QED) is 0.481. The Bertz CT molecular complexity index is 1010. The van der Waals surface area contributed by atoms with Crippen LogP contribution < -0.4 is 10.1 Å². The summed E-state index contributed by atoms with van der Waals surface area (Å²) in [5, 5.41) is 2.92. The normalized spacial score (nSPS) is 14.5. The highest BCUT2D eigenvalue weighted by Gasteiger charge is 2.28. The summed E-state index contributed by atoms with van der Waals surface area (Å²) in [7, 11) is 5.65. The molecule has 1 aliphatic rings. The number of methoxy groups -OCH3 is 1. The Morgan fingerprint density at radius 3 is 2.44 bits per heavy atom. The number of carbonyl (C=O) groups excluding carboxylic acids is 2. The number of fused-ring (bicyclic) bond motifs is 1. The second-order valence-electron chi connectivity index (χ2n) is 9.16. The van der Waals surface area contributed by atoms with Crippen molar-refractivity contribution in [1.29, 1.82) is 0 Å². The fourth-order valence-electron chi connectivity index (χ4n) is 3.93. The van der Waals surface area contributed by atoms with Crippen LogP contribution >= 0.6 is 0 Å². The van der Waals surface area contributed by atoms with Crippen LogP contribution in [0.3, 0.4) is 0 Å². The van der Waals surface area contributed by atoms with Crippen molar-refractivity contribution in [3.8, 4) is 5.75 Å². The average molecular weight is 436 g/mol. The third kappa shape index (κ3) is 6.04. The summed E-state index contributed by atoms with van der Waals surface area (Å²) in [5.74, 6) is 0.611. The molecule has 1 N–H and O–H groups in total. The number of hydrogen-bond donors (Lipinski definition) is 1. The van der Waals surface area contributed by atoms with E-state index in [0.29, 0.717) is 17.7 Å². The van der Waals surface area contributed by atoms with E-state index in [2.05, 4.69) is 30.1 Å². The minimum absolute atomic E-state index is 0.0202. The lowest BCUT2D eigenvalue weighted by Crippen LogP contribution is -2.30. The molecule has 0 aliphatic carbocycles. The number of carbonyl (C=O) groups is 2. The maximum absolute atomic E-state index is 13.0.